The normalized spacial score (nSPS) is 17.7. The van der Waals surface area contributed by atoms with Gasteiger partial charge in [-0.1, -0.05) is 29.8 Å². The molecule has 0 bridgehead atoms. The van der Waals surface area contributed by atoms with E-state index in [9.17, 15) is 9.90 Å². The van der Waals surface area contributed by atoms with E-state index in [0.29, 0.717) is 50.4 Å². The smallest absolute Gasteiger partial charge is 0.196 e. The van der Waals surface area contributed by atoms with Gasteiger partial charge in [-0.05, 0) is 43.0 Å². The zero-order valence-corrected chi connectivity index (χ0v) is 17.8. The maximum absolute atomic E-state index is 13.4. The molecule has 0 aliphatic heterocycles. The number of aromatic nitrogens is 3. The van der Waals surface area contributed by atoms with Crippen LogP contribution in [-0.2, 0) is 0 Å². The molecule has 2 heterocycles. The van der Waals surface area contributed by atoms with Crippen molar-refractivity contribution in [3.8, 4) is 11.5 Å². The fraction of sp³-hybridized carbons (Fsp3) is 0.208. The summed E-state index contributed by atoms with van der Waals surface area (Å²) in [5, 5.41) is 13.6. The van der Waals surface area contributed by atoms with Gasteiger partial charge >= 0.3 is 0 Å². The number of aliphatic hydroxyl groups is 1. The molecule has 0 radical (unpaired) electrons. The number of anilines is 1. The van der Waals surface area contributed by atoms with Gasteiger partial charge in [0.2, 0.25) is 0 Å². The van der Waals surface area contributed by atoms with E-state index in [4.69, 9.17) is 16.3 Å². The van der Waals surface area contributed by atoms with Crippen LogP contribution in [0.4, 0.5) is 5.82 Å². The third-order valence-electron chi connectivity index (χ3n) is 5.71. The largest absolute Gasteiger partial charge is 0.457 e. The number of nitrogens with zero attached hydrogens (tertiary/aromatic N) is 2. The molecule has 0 atom stereocenters. The highest BCUT2D eigenvalue weighted by atomic mass is 35.5. The molecule has 1 aliphatic rings. The van der Waals surface area contributed by atoms with Crippen LogP contribution in [-0.4, -0.2) is 38.5 Å². The summed E-state index contributed by atoms with van der Waals surface area (Å²) < 4.78 is 5.80. The predicted molar refractivity (Wildman–Crippen MR) is 123 cm³/mol. The lowest BCUT2D eigenvalue weighted by Gasteiger charge is -2.35. The summed E-state index contributed by atoms with van der Waals surface area (Å²) in [6, 6.07) is 14.6. The number of carbonyl (C=O) groups is 1. The van der Waals surface area contributed by atoms with E-state index < -0.39 is 0 Å². The van der Waals surface area contributed by atoms with Crippen molar-refractivity contribution in [3.63, 3.8) is 0 Å². The quantitative estimate of drug-likeness (QED) is 0.350. The second-order valence-electron chi connectivity index (χ2n) is 7.90. The van der Waals surface area contributed by atoms with E-state index >= 15 is 0 Å². The number of H-pyrrole nitrogens is 1. The van der Waals surface area contributed by atoms with Crippen molar-refractivity contribution in [1.29, 1.82) is 0 Å². The standard InChI is InChI=1S/C24H21ClN4O3/c25-20-10-17(32-16-4-2-1-3-5-16)6-7-18(20)22(31)19-11-26-23-21(19)24(28-13-27-23)29-15-8-14(9-15)12-30/h1-7,10-11,13-15,30H,8-9,12H2,(H2,26,27,28,29). The van der Waals surface area contributed by atoms with Crippen LogP contribution in [0.3, 0.4) is 0 Å². The first-order chi connectivity index (χ1) is 15.6. The van der Waals surface area contributed by atoms with Gasteiger partial charge < -0.3 is 20.1 Å². The molecule has 32 heavy (non-hydrogen) atoms. The van der Waals surface area contributed by atoms with E-state index in [1.54, 1.807) is 24.4 Å². The average Bonchev–Trinajstić information content (AvgIpc) is 3.21. The van der Waals surface area contributed by atoms with E-state index in [1.165, 1.54) is 6.33 Å². The molecule has 0 unspecified atom stereocenters. The molecule has 1 fully saturated rings. The second-order valence-corrected chi connectivity index (χ2v) is 8.30. The molecule has 0 spiro atoms. The number of fused-ring (bicyclic) bond motifs is 1. The van der Waals surface area contributed by atoms with Crippen LogP contribution in [0, 0.1) is 5.92 Å². The van der Waals surface area contributed by atoms with Crippen LogP contribution < -0.4 is 10.1 Å². The Bertz CT molecular complexity index is 1270. The summed E-state index contributed by atoms with van der Waals surface area (Å²) in [7, 11) is 0. The number of benzene rings is 2. The van der Waals surface area contributed by atoms with Crippen LogP contribution in [0.5, 0.6) is 11.5 Å². The number of ether oxygens (including phenoxy) is 1. The molecule has 5 rings (SSSR count). The van der Waals surface area contributed by atoms with Gasteiger partial charge in [0.25, 0.3) is 0 Å². The first kappa shape index (κ1) is 20.5. The molecule has 2 aromatic heterocycles. The Morgan fingerprint density at radius 3 is 2.69 bits per heavy atom. The predicted octanol–water partition coefficient (Wildman–Crippen LogP) is 4.82. The number of carbonyl (C=O) groups excluding carboxylic acids is 1. The fourth-order valence-corrected chi connectivity index (χ4v) is 4.22. The minimum Gasteiger partial charge on any atom is -0.457 e. The van der Waals surface area contributed by atoms with Gasteiger partial charge in [-0.15, -0.1) is 0 Å². The first-order valence-electron chi connectivity index (χ1n) is 10.4. The second kappa shape index (κ2) is 8.61. The van der Waals surface area contributed by atoms with Crippen molar-refractivity contribution < 1.29 is 14.6 Å². The van der Waals surface area contributed by atoms with Crippen LogP contribution in [0.25, 0.3) is 11.0 Å². The molecule has 162 valence electrons. The minimum atomic E-state index is -0.229. The zero-order valence-electron chi connectivity index (χ0n) is 17.1. The molecule has 2 aromatic carbocycles. The highest BCUT2D eigenvalue weighted by Gasteiger charge is 2.30. The number of rotatable bonds is 7. The van der Waals surface area contributed by atoms with Crippen molar-refractivity contribution in [2.45, 2.75) is 18.9 Å². The Hall–Kier alpha value is -3.42. The molecule has 4 aromatic rings. The van der Waals surface area contributed by atoms with Gasteiger partial charge in [-0.3, -0.25) is 4.79 Å². The highest BCUT2D eigenvalue weighted by molar-refractivity contribution is 6.35. The monoisotopic (exact) mass is 448 g/mol. The van der Waals surface area contributed by atoms with Crippen molar-refractivity contribution in [2.75, 3.05) is 11.9 Å². The number of aliphatic hydroxyl groups excluding tert-OH is 1. The number of nitrogens with one attached hydrogen (secondary N) is 2. The lowest BCUT2D eigenvalue weighted by Crippen LogP contribution is -2.37. The highest BCUT2D eigenvalue weighted by Crippen LogP contribution is 2.34. The summed E-state index contributed by atoms with van der Waals surface area (Å²) in [5.74, 6) is 1.92. The van der Waals surface area contributed by atoms with E-state index in [2.05, 4.69) is 20.3 Å². The minimum absolute atomic E-state index is 0.188. The van der Waals surface area contributed by atoms with Gasteiger partial charge in [0.1, 0.15) is 29.3 Å². The molecule has 3 N–H and O–H groups in total. The molecular weight excluding hydrogens is 428 g/mol. The van der Waals surface area contributed by atoms with Crippen LogP contribution in [0.2, 0.25) is 5.02 Å². The average molecular weight is 449 g/mol. The van der Waals surface area contributed by atoms with Gasteiger partial charge in [-0.25, -0.2) is 9.97 Å². The molecule has 8 heteroatoms. The van der Waals surface area contributed by atoms with Crippen LogP contribution >= 0.6 is 11.6 Å². The SMILES string of the molecule is O=C(c1ccc(Oc2ccccc2)cc1Cl)c1c[nH]c2ncnc(NC3CC(CO)C3)c12. The molecule has 0 amide bonds. The molecule has 7 nitrogen and oxygen atoms in total. The number of aromatic amines is 1. The van der Waals surface area contributed by atoms with Crippen molar-refractivity contribution in [3.05, 3.63) is 77.2 Å². The van der Waals surface area contributed by atoms with Gasteiger partial charge in [0.05, 0.1) is 16.0 Å². The Morgan fingerprint density at radius 2 is 1.94 bits per heavy atom. The Labute approximate surface area is 189 Å². The maximum Gasteiger partial charge on any atom is 0.196 e. The Balaban J connectivity index is 1.42. The van der Waals surface area contributed by atoms with Crippen LogP contribution in [0.1, 0.15) is 28.8 Å². The van der Waals surface area contributed by atoms with Gasteiger partial charge in [0.15, 0.2) is 5.78 Å². The summed E-state index contributed by atoms with van der Waals surface area (Å²) in [6.45, 7) is 0.188. The number of halogens is 1. The lowest BCUT2D eigenvalue weighted by atomic mass is 9.81. The summed E-state index contributed by atoms with van der Waals surface area (Å²) in [6.07, 6.45) is 4.82. The number of para-hydroxylation sites is 1. The van der Waals surface area contributed by atoms with Crippen LogP contribution in [0.15, 0.2) is 61.1 Å². The topological polar surface area (TPSA) is 100 Å². The van der Waals surface area contributed by atoms with Crippen molar-refractivity contribution >= 4 is 34.2 Å². The molecule has 1 saturated carbocycles. The third kappa shape index (κ3) is 3.92. The Kier molecular flexibility index (Phi) is 5.51. The molecule has 0 saturated heterocycles. The maximum atomic E-state index is 13.4. The van der Waals surface area contributed by atoms with E-state index in [1.807, 2.05) is 30.3 Å². The number of ketones is 1. The summed E-state index contributed by atoms with van der Waals surface area (Å²) >= 11 is 6.46. The van der Waals surface area contributed by atoms with Gasteiger partial charge in [-0.2, -0.15) is 0 Å². The third-order valence-corrected chi connectivity index (χ3v) is 6.03. The molecule has 1 aliphatic carbocycles. The molecular formula is C24H21ClN4O3. The summed E-state index contributed by atoms with van der Waals surface area (Å²) in [4.78, 5) is 25.0. The number of hydrogen-bond acceptors (Lipinski definition) is 6. The fourth-order valence-electron chi connectivity index (χ4n) is 3.96. The summed E-state index contributed by atoms with van der Waals surface area (Å²) in [5.41, 5.74) is 1.38. The van der Waals surface area contributed by atoms with E-state index in [0.717, 1.165) is 12.8 Å². The van der Waals surface area contributed by atoms with Crippen molar-refractivity contribution in [1.82, 2.24) is 15.0 Å². The first-order valence-corrected chi connectivity index (χ1v) is 10.8. The number of hydrogen-bond donors (Lipinski definition) is 3. The lowest BCUT2D eigenvalue weighted by molar-refractivity contribution is 0.104. The Morgan fingerprint density at radius 1 is 1.12 bits per heavy atom. The zero-order chi connectivity index (χ0) is 22.1. The van der Waals surface area contributed by atoms with Crippen molar-refractivity contribution in [2.24, 2.45) is 5.92 Å². The van der Waals surface area contributed by atoms with E-state index in [-0.39, 0.29) is 18.4 Å². The van der Waals surface area contributed by atoms with Gasteiger partial charge in [0, 0.05) is 30.5 Å².